The number of fused-ring (bicyclic) bond motifs is 5. The van der Waals surface area contributed by atoms with Crippen LogP contribution in [0.15, 0.2) is 16.9 Å². The Morgan fingerprint density at radius 3 is 2.72 bits per heavy atom. The Hall–Kier alpha value is -3.55. The number of carbonyl (C=O) groups is 2. The number of hydrogen-bond acceptors (Lipinski definition) is 5. The molecule has 1 fully saturated rings. The zero-order valence-corrected chi connectivity index (χ0v) is 22.6. The fourth-order valence-electron chi connectivity index (χ4n) is 7.25. The number of amides is 1. The molecule has 4 heterocycles. The normalized spacial score (nSPS) is 21.7. The molecule has 0 spiro atoms. The second kappa shape index (κ2) is 8.47. The number of nitrogens with one attached hydrogen (secondary N) is 1. The van der Waals surface area contributed by atoms with E-state index in [4.69, 9.17) is 9.72 Å². The molecule has 2 unspecified atom stereocenters. The SMILES string of the molecule is CCCC1(C(=O)NC2CCc3c(C)c(F)cc4nc5c(c2c34)Cn2c-5cc3c(c2=O)COC(=O)C3CC)CC1. The van der Waals surface area contributed by atoms with Crippen molar-refractivity contribution in [3.8, 4) is 11.4 Å². The fraction of sp³-hybridized carbons (Fsp3) is 0.484. The molecule has 2 atom stereocenters. The van der Waals surface area contributed by atoms with Gasteiger partial charge in [0, 0.05) is 22.4 Å². The fourth-order valence-corrected chi connectivity index (χ4v) is 7.25. The van der Waals surface area contributed by atoms with E-state index < -0.39 is 5.92 Å². The Kier molecular flexibility index (Phi) is 5.32. The molecule has 202 valence electrons. The number of carbonyl (C=O) groups excluding carboxylic acids is 2. The highest BCUT2D eigenvalue weighted by Crippen LogP contribution is 2.51. The lowest BCUT2D eigenvalue weighted by Gasteiger charge is -2.31. The van der Waals surface area contributed by atoms with E-state index in [1.54, 1.807) is 11.5 Å². The summed E-state index contributed by atoms with van der Waals surface area (Å²) in [4.78, 5) is 44.6. The molecule has 39 heavy (non-hydrogen) atoms. The Morgan fingerprint density at radius 1 is 1.21 bits per heavy atom. The van der Waals surface area contributed by atoms with Gasteiger partial charge < -0.3 is 14.6 Å². The summed E-state index contributed by atoms with van der Waals surface area (Å²) >= 11 is 0. The molecule has 0 bridgehead atoms. The molecule has 2 aliphatic carbocycles. The van der Waals surface area contributed by atoms with Gasteiger partial charge in [-0.15, -0.1) is 0 Å². The van der Waals surface area contributed by atoms with E-state index in [2.05, 4.69) is 12.2 Å². The van der Waals surface area contributed by atoms with Crippen LogP contribution in [-0.2, 0) is 33.9 Å². The quantitative estimate of drug-likeness (QED) is 0.363. The molecule has 1 saturated carbocycles. The van der Waals surface area contributed by atoms with Crippen LogP contribution in [0.2, 0.25) is 0 Å². The van der Waals surface area contributed by atoms with Gasteiger partial charge in [0.05, 0.1) is 41.0 Å². The van der Waals surface area contributed by atoms with E-state index in [0.29, 0.717) is 59.4 Å². The predicted molar refractivity (Wildman–Crippen MR) is 144 cm³/mol. The van der Waals surface area contributed by atoms with Gasteiger partial charge in [-0.1, -0.05) is 20.3 Å². The van der Waals surface area contributed by atoms with E-state index >= 15 is 4.39 Å². The van der Waals surface area contributed by atoms with E-state index in [9.17, 15) is 14.4 Å². The molecular formula is C31H32FN3O4. The van der Waals surface area contributed by atoms with Gasteiger partial charge in [-0.3, -0.25) is 14.4 Å². The Bertz CT molecular complexity index is 1670. The van der Waals surface area contributed by atoms with Crippen LogP contribution in [0.5, 0.6) is 0 Å². The summed E-state index contributed by atoms with van der Waals surface area (Å²) in [5.74, 6) is -1.02. The third kappa shape index (κ3) is 3.39. The monoisotopic (exact) mass is 529 g/mol. The van der Waals surface area contributed by atoms with Crippen LogP contribution < -0.4 is 10.9 Å². The first-order valence-electron chi connectivity index (χ1n) is 14.2. The topological polar surface area (TPSA) is 90.3 Å². The maximum absolute atomic E-state index is 15.1. The zero-order valence-electron chi connectivity index (χ0n) is 22.6. The molecule has 7 nitrogen and oxygen atoms in total. The smallest absolute Gasteiger partial charge is 0.313 e. The van der Waals surface area contributed by atoms with Crippen LogP contribution in [0, 0.1) is 18.2 Å². The van der Waals surface area contributed by atoms with Crippen LogP contribution in [0.4, 0.5) is 4.39 Å². The minimum atomic E-state index is -0.498. The lowest BCUT2D eigenvalue weighted by molar-refractivity contribution is -0.148. The van der Waals surface area contributed by atoms with Gasteiger partial charge in [-0.05, 0) is 73.8 Å². The molecule has 0 radical (unpaired) electrons. The number of benzene rings is 1. The van der Waals surface area contributed by atoms with Gasteiger partial charge in [0.25, 0.3) is 5.56 Å². The van der Waals surface area contributed by atoms with Gasteiger partial charge in [0.15, 0.2) is 0 Å². The number of hydrogen-bond donors (Lipinski definition) is 1. The molecule has 0 saturated heterocycles. The van der Waals surface area contributed by atoms with Crippen LogP contribution in [-0.4, -0.2) is 21.4 Å². The number of halogens is 1. The van der Waals surface area contributed by atoms with Gasteiger partial charge in [0.2, 0.25) is 5.91 Å². The second-order valence-corrected chi connectivity index (χ2v) is 11.7. The predicted octanol–water partition coefficient (Wildman–Crippen LogP) is 5.11. The number of pyridine rings is 2. The van der Waals surface area contributed by atoms with Crippen molar-refractivity contribution < 1.29 is 18.7 Å². The van der Waals surface area contributed by atoms with Crippen molar-refractivity contribution in [3.63, 3.8) is 0 Å². The highest BCUT2D eigenvalue weighted by molar-refractivity contribution is 5.94. The minimum Gasteiger partial charge on any atom is -0.460 e. The zero-order chi connectivity index (χ0) is 27.2. The summed E-state index contributed by atoms with van der Waals surface area (Å²) < 4.78 is 22.1. The van der Waals surface area contributed by atoms with E-state index in [1.165, 1.54) is 6.07 Å². The Morgan fingerprint density at radius 2 is 2.00 bits per heavy atom. The summed E-state index contributed by atoms with van der Waals surface area (Å²) in [6.07, 6.45) is 5.51. The van der Waals surface area contributed by atoms with Gasteiger partial charge >= 0.3 is 5.97 Å². The number of ether oxygens (including phenoxy) is 1. The lowest BCUT2D eigenvalue weighted by Crippen LogP contribution is -2.37. The van der Waals surface area contributed by atoms with Gasteiger partial charge in [0.1, 0.15) is 12.4 Å². The second-order valence-electron chi connectivity index (χ2n) is 11.7. The Balaban J connectivity index is 1.44. The lowest BCUT2D eigenvalue weighted by atomic mass is 9.81. The maximum Gasteiger partial charge on any atom is 0.313 e. The molecule has 2 aromatic heterocycles. The molecule has 3 aromatic rings. The first-order chi connectivity index (χ1) is 18.8. The number of aryl methyl sites for hydroxylation is 1. The van der Waals surface area contributed by atoms with Crippen LogP contribution in [0.1, 0.15) is 97.7 Å². The number of cyclic esters (lactones) is 1. The highest BCUT2D eigenvalue weighted by Gasteiger charge is 2.49. The summed E-state index contributed by atoms with van der Waals surface area (Å²) in [7, 11) is 0. The summed E-state index contributed by atoms with van der Waals surface area (Å²) in [5.41, 5.74) is 5.99. The third-order valence-corrected chi connectivity index (χ3v) is 9.57. The van der Waals surface area contributed by atoms with E-state index in [-0.39, 0.29) is 41.3 Å². The highest BCUT2D eigenvalue weighted by atomic mass is 19.1. The van der Waals surface area contributed by atoms with Crippen molar-refractivity contribution in [1.82, 2.24) is 14.9 Å². The number of aromatic nitrogens is 2. The first-order valence-corrected chi connectivity index (χ1v) is 14.2. The summed E-state index contributed by atoms with van der Waals surface area (Å²) in [5, 5.41) is 4.28. The number of nitrogens with zero attached hydrogens (tertiary/aromatic N) is 2. The van der Waals surface area contributed by atoms with Crippen molar-refractivity contribution in [1.29, 1.82) is 0 Å². The molecule has 8 heteroatoms. The molecule has 1 N–H and O–H groups in total. The molecule has 1 amide bonds. The van der Waals surface area contributed by atoms with E-state index in [0.717, 1.165) is 47.8 Å². The van der Waals surface area contributed by atoms with Gasteiger partial charge in [-0.2, -0.15) is 0 Å². The van der Waals surface area contributed by atoms with Crippen molar-refractivity contribution in [2.45, 2.75) is 90.8 Å². The molecular weight excluding hydrogens is 497 g/mol. The number of esters is 1. The minimum absolute atomic E-state index is 0.0326. The molecule has 4 aliphatic rings. The van der Waals surface area contributed by atoms with Gasteiger partial charge in [-0.25, -0.2) is 9.37 Å². The average Bonchev–Trinajstić information content (AvgIpc) is 3.62. The third-order valence-electron chi connectivity index (χ3n) is 9.57. The summed E-state index contributed by atoms with van der Waals surface area (Å²) in [6, 6.07) is 3.15. The number of rotatable bonds is 5. The molecule has 1 aromatic carbocycles. The van der Waals surface area contributed by atoms with Crippen molar-refractivity contribution in [2.75, 3.05) is 0 Å². The average molecular weight is 530 g/mol. The maximum atomic E-state index is 15.1. The van der Waals surface area contributed by atoms with Crippen LogP contribution >= 0.6 is 0 Å². The molecule has 2 aliphatic heterocycles. The van der Waals surface area contributed by atoms with Crippen molar-refractivity contribution in [2.24, 2.45) is 5.41 Å². The van der Waals surface area contributed by atoms with Crippen LogP contribution in [0.3, 0.4) is 0 Å². The van der Waals surface area contributed by atoms with Crippen molar-refractivity contribution >= 4 is 22.8 Å². The Labute approximate surface area is 225 Å². The largest absolute Gasteiger partial charge is 0.460 e. The van der Waals surface area contributed by atoms with Crippen molar-refractivity contribution in [3.05, 3.63) is 61.7 Å². The van der Waals surface area contributed by atoms with E-state index in [1.807, 2.05) is 13.0 Å². The standard InChI is InChI=1S/C31H32FN3O4/c1-4-8-31(9-10-31)30(38)34-22-7-6-17-15(3)21(32)12-23-25(17)26(22)19-13-35-24(27(19)33-23)11-18-16(5-2)29(37)39-14-20(18)28(35)36/h11-12,16,22H,4-10,13-14H2,1-3H3,(H,34,38). The summed E-state index contributed by atoms with van der Waals surface area (Å²) in [6.45, 7) is 6.10. The van der Waals surface area contributed by atoms with Crippen LogP contribution in [0.25, 0.3) is 22.3 Å². The molecule has 7 rings (SSSR count). The first kappa shape index (κ1) is 24.5.